The van der Waals surface area contributed by atoms with Crippen molar-refractivity contribution in [3.05, 3.63) is 29.8 Å². The second-order valence-electron chi connectivity index (χ2n) is 4.62. The Hall–Kier alpha value is -1.88. The molecule has 0 bridgehead atoms. The Morgan fingerprint density at radius 1 is 1.26 bits per heavy atom. The maximum atomic E-state index is 11.8. The zero-order chi connectivity index (χ0) is 14.4. The van der Waals surface area contributed by atoms with E-state index in [1.54, 1.807) is 25.9 Å². The first kappa shape index (κ1) is 15.2. The summed E-state index contributed by atoms with van der Waals surface area (Å²) in [6, 6.07) is 7.25. The average Bonchev–Trinajstić information content (AvgIpc) is 2.39. The lowest BCUT2D eigenvalue weighted by Gasteiger charge is -2.22. The van der Waals surface area contributed by atoms with Crippen molar-refractivity contribution in [2.75, 3.05) is 26.0 Å². The molecule has 0 radical (unpaired) electrons. The lowest BCUT2D eigenvalue weighted by Crippen LogP contribution is -2.44. The van der Waals surface area contributed by atoms with Gasteiger partial charge < -0.3 is 10.6 Å². The van der Waals surface area contributed by atoms with Gasteiger partial charge in [0.15, 0.2) is 0 Å². The number of benzene rings is 1. The molecule has 5 heteroatoms. The summed E-state index contributed by atoms with van der Waals surface area (Å²) in [6.07, 6.45) is 0. The molecule has 5 nitrogen and oxygen atoms in total. The minimum atomic E-state index is -0.339. The number of hydrogen-bond donors (Lipinski definition) is 2. The third-order valence-electron chi connectivity index (χ3n) is 3.02. The summed E-state index contributed by atoms with van der Waals surface area (Å²) >= 11 is 0. The number of nitrogens with zero attached hydrogens (tertiary/aromatic N) is 1. The molecule has 1 aromatic rings. The number of aryl methyl sites for hydroxylation is 1. The summed E-state index contributed by atoms with van der Waals surface area (Å²) in [6.45, 7) is 3.92. The van der Waals surface area contributed by atoms with Crippen molar-refractivity contribution in [3.63, 3.8) is 0 Å². The van der Waals surface area contributed by atoms with Crippen molar-refractivity contribution in [2.24, 2.45) is 0 Å². The van der Waals surface area contributed by atoms with Gasteiger partial charge in [-0.15, -0.1) is 0 Å². The molecule has 0 aliphatic rings. The van der Waals surface area contributed by atoms with Crippen LogP contribution < -0.4 is 10.6 Å². The van der Waals surface area contributed by atoms with Crippen molar-refractivity contribution < 1.29 is 9.59 Å². The van der Waals surface area contributed by atoms with Crippen molar-refractivity contribution in [1.82, 2.24) is 10.2 Å². The maximum absolute atomic E-state index is 11.8. The molecule has 0 aliphatic heterocycles. The van der Waals surface area contributed by atoms with Crippen LogP contribution >= 0.6 is 0 Å². The highest BCUT2D eigenvalue weighted by Gasteiger charge is 2.18. The molecule has 0 saturated carbocycles. The number of amides is 2. The van der Waals surface area contributed by atoms with Gasteiger partial charge in [-0.25, -0.2) is 0 Å². The molecule has 0 aromatic heterocycles. The van der Waals surface area contributed by atoms with Crippen LogP contribution in [0.3, 0.4) is 0 Å². The van der Waals surface area contributed by atoms with E-state index in [9.17, 15) is 9.59 Å². The molecule has 0 heterocycles. The third kappa shape index (κ3) is 4.71. The van der Waals surface area contributed by atoms with Gasteiger partial charge in [0, 0.05) is 12.7 Å². The summed E-state index contributed by atoms with van der Waals surface area (Å²) in [5, 5.41) is 5.36. The van der Waals surface area contributed by atoms with E-state index < -0.39 is 0 Å². The van der Waals surface area contributed by atoms with Crippen LogP contribution in [-0.4, -0.2) is 43.4 Å². The van der Waals surface area contributed by atoms with Crippen LogP contribution in [0.2, 0.25) is 0 Å². The molecule has 1 atom stereocenters. The second kappa shape index (κ2) is 6.89. The van der Waals surface area contributed by atoms with Crippen LogP contribution in [0.4, 0.5) is 5.69 Å². The van der Waals surface area contributed by atoms with E-state index in [2.05, 4.69) is 10.6 Å². The Kier molecular flexibility index (Phi) is 5.51. The predicted molar refractivity (Wildman–Crippen MR) is 76.0 cm³/mol. The maximum Gasteiger partial charge on any atom is 0.238 e. The number of carbonyl (C=O) groups is 2. The first-order valence-corrected chi connectivity index (χ1v) is 6.22. The first-order valence-electron chi connectivity index (χ1n) is 6.22. The van der Waals surface area contributed by atoms with E-state index in [1.165, 1.54) is 0 Å². The Balaban J connectivity index is 2.51. The lowest BCUT2D eigenvalue weighted by atomic mass is 10.2. The van der Waals surface area contributed by atoms with Crippen LogP contribution in [0.15, 0.2) is 24.3 Å². The van der Waals surface area contributed by atoms with E-state index in [4.69, 9.17) is 0 Å². The van der Waals surface area contributed by atoms with E-state index in [0.29, 0.717) is 0 Å². The van der Waals surface area contributed by atoms with Crippen molar-refractivity contribution in [1.29, 1.82) is 0 Å². The van der Waals surface area contributed by atoms with E-state index in [0.717, 1.165) is 11.3 Å². The highest BCUT2D eigenvalue weighted by molar-refractivity contribution is 5.92. The largest absolute Gasteiger partial charge is 0.358 e. The van der Waals surface area contributed by atoms with Gasteiger partial charge in [0.1, 0.15) is 0 Å². The summed E-state index contributed by atoms with van der Waals surface area (Å²) in [5.74, 6) is -0.243. The number of hydrogen-bond acceptors (Lipinski definition) is 3. The summed E-state index contributed by atoms with van der Waals surface area (Å²) in [7, 11) is 3.33. The fraction of sp³-hybridized carbons (Fsp3) is 0.429. The van der Waals surface area contributed by atoms with Gasteiger partial charge in [-0.3, -0.25) is 14.5 Å². The Bertz CT molecular complexity index is 443. The van der Waals surface area contributed by atoms with Gasteiger partial charge in [0.05, 0.1) is 12.6 Å². The van der Waals surface area contributed by atoms with Crippen molar-refractivity contribution in [2.45, 2.75) is 19.9 Å². The van der Waals surface area contributed by atoms with E-state index >= 15 is 0 Å². The second-order valence-corrected chi connectivity index (χ2v) is 4.62. The molecule has 1 rings (SSSR count). The topological polar surface area (TPSA) is 61.4 Å². The predicted octanol–water partition coefficient (Wildman–Crippen LogP) is 1.000. The minimum Gasteiger partial charge on any atom is -0.358 e. The monoisotopic (exact) mass is 263 g/mol. The fourth-order valence-corrected chi connectivity index (χ4v) is 1.61. The zero-order valence-corrected chi connectivity index (χ0v) is 11.9. The SMILES string of the molecule is CNC(=O)[C@@H](C)N(C)CC(=O)Nc1ccc(C)cc1. The molecule has 2 amide bonds. The number of nitrogens with one attached hydrogen (secondary N) is 2. The van der Waals surface area contributed by atoms with Gasteiger partial charge in [-0.1, -0.05) is 17.7 Å². The van der Waals surface area contributed by atoms with Gasteiger partial charge in [0.25, 0.3) is 0 Å². The van der Waals surface area contributed by atoms with Crippen LogP contribution in [0.1, 0.15) is 12.5 Å². The first-order chi connectivity index (χ1) is 8.93. The van der Waals surface area contributed by atoms with Crippen LogP contribution in [0.25, 0.3) is 0 Å². The summed E-state index contributed by atoms with van der Waals surface area (Å²) in [4.78, 5) is 25.0. The van der Waals surface area contributed by atoms with E-state index in [-0.39, 0.29) is 24.4 Å². The normalized spacial score (nSPS) is 12.1. The van der Waals surface area contributed by atoms with Gasteiger partial charge in [0.2, 0.25) is 11.8 Å². The van der Waals surface area contributed by atoms with Crippen molar-refractivity contribution >= 4 is 17.5 Å². The molecular formula is C14H21N3O2. The minimum absolute atomic E-state index is 0.106. The molecule has 1 aromatic carbocycles. The van der Waals surface area contributed by atoms with E-state index in [1.807, 2.05) is 31.2 Å². The van der Waals surface area contributed by atoms with Crippen LogP contribution in [-0.2, 0) is 9.59 Å². The zero-order valence-electron chi connectivity index (χ0n) is 11.9. The number of rotatable bonds is 5. The molecular weight excluding hydrogens is 242 g/mol. The highest BCUT2D eigenvalue weighted by Crippen LogP contribution is 2.08. The smallest absolute Gasteiger partial charge is 0.238 e. The fourth-order valence-electron chi connectivity index (χ4n) is 1.61. The van der Waals surface area contributed by atoms with Crippen LogP contribution in [0, 0.1) is 6.92 Å². The molecule has 0 saturated heterocycles. The standard InChI is InChI=1S/C14H21N3O2/c1-10-5-7-12(8-6-10)16-13(18)9-17(4)11(2)14(19)15-3/h5-8,11H,9H2,1-4H3,(H,15,19)(H,16,18)/t11-/m1/s1. The Labute approximate surface area is 114 Å². The number of carbonyl (C=O) groups excluding carboxylic acids is 2. The molecule has 104 valence electrons. The van der Waals surface area contributed by atoms with Gasteiger partial charge >= 0.3 is 0 Å². The van der Waals surface area contributed by atoms with Crippen molar-refractivity contribution in [3.8, 4) is 0 Å². The molecule has 0 unspecified atom stereocenters. The third-order valence-corrected chi connectivity index (χ3v) is 3.02. The molecule has 2 N–H and O–H groups in total. The molecule has 0 fully saturated rings. The van der Waals surface area contributed by atoms with Gasteiger partial charge in [-0.2, -0.15) is 0 Å². The number of likely N-dealkylation sites (N-methyl/N-ethyl adjacent to an activating group) is 2. The Morgan fingerprint density at radius 2 is 1.84 bits per heavy atom. The van der Waals surface area contributed by atoms with Gasteiger partial charge in [-0.05, 0) is 33.0 Å². The highest BCUT2D eigenvalue weighted by atomic mass is 16.2. The summed E-state index contributed by atoms with van der Waals surface area (Å²) in [5.41, 5.74) is 1.90. The molecule has 0 spiro atoms. The lowest BCUT2D eigenvalue weighted by molar-refractivity contribution is -0.126. The molecule has 0 aliphatic carbocycles. The van der Waals surface area contributed by atoms with Crippen LogP contribution in [0.5, 0.6) is 0 Å². The number of anilines is 1. The summed E-state index contributed by atoms with van der Waals surface area (Å²) < 4.78 is 0. The quantitative estimate of drug-likeness (QED) is 0.833. The Morgan fingerprint density at radius 3 is 2.37 bits per heavy atom. The molecule has 19 heavy (non-hydrogen) atoms. The average molecular weight is 263 g/mol.